The fourth-order valence-electron chi connectivity index (χ4n) is 5.40. The molecule has 0 unspecified atom stereocenters. The molecule has 2 saturated heterocycles. The van der Waals surface area contributed by atoms with Crippen LogP contribution in [0.15, 0.2) is 54.6 Å². The molecule has 0 bridgehead atoms. The number of hydrogen-bond acceptors (Lipinski definition) is 6. The second-order valence-electron chi connectivity index (χ2n) is 10.2. The van der Waals surface area contributed by atoms with Crippen LogP contribution >= 0.6 is 11.8 Å². The van der Waals surface area contributed by atoms with Crippen LogP contribution < -0.4 is 10.1 Å². The molecule has 0 saturated carbocycles. The highest BCUT2D eigenvalue weighted by Crippen LogP contribution is 2.28. The van der Waals surface area contributed by atoms with E-state index in [0.717, 1.165) is 42.1 Å². The Bertz CT molecular complexity index is 1130. The number of benzene rings is 2. The van der Waals surface area contributed by atoms with Crippen molar-refractivity contribution in [2.75, 3.05) is 45.3 Å². The van der Waals surface area contributed by atoms with Gasteiger partial charge in [-0.2, -0.15) is 11.8 Å². The van der Waals surface area contributed by atoms with Gasteiger partial charge in [0.1, 0.15) is 18.0 Å². The zero-order chi connectivity index (χ0) is 28.5. The molecular formula is C30H41N5O4S. The Kier molecular flexibility index (Phi) is 10.7. The van der Waals surface area contributed by atoms with Gasteiger partial charge in [0, 0.05) is 20.1 Å². The maximum atomic E-state index is 13.7. The van der Waals surface area contributed by atoms with E-state index in [4.69, 9.17) is 4.74 Å². The molecule has 1 N–H and O–H groups in total. The molecule has 40 heavy (non-hydrogen) atoms. The van der Waals surface area contributed by atoms with Crippen LogP contribution in [0.5, 0.6) is 5.75 Å². The number of urea groups is 1. The Morgan fingerprint density at radius 2 is 1.80 bits per heavy atom. The van der Waals surface area contributed by atoms with Crippen molar-refractivity contribution in [3.63, 3.8) is 0 Å². The van der Waals surface area contributed by atoms with E-state index in [1.165, 1.54) is 5.56 Å². The van der Waals surface area contributed by atoms with Crippen LogP contribution in [-0.4, -0.2) is 95.2 Å². The minimum atomic E-state index is -0.565. The van der Waals surface area contributed by atoms with Crippen LogP contribution in [0.3, 0.4) is 0 Å². The number of carbonyl (C=O) groups excluding carboxylic acids is 3. The second kappa shape index (κ2) is 14.4. The quantitative estimate of drug-likeness (QED) is 0.395. The molecule has 0 aromatic heterocycles. The normalized spacial score (nSPS) is 19.5. The number of carbonyl (C=O) groups is 3. The lowest BCUT2D eigenvalue weighted by Gasteiger charge is -2.54. The lowest BCUT2D eigenvalue weighted by molar-refractivity contribution is -0.187. The summed E-state index contributed by atoms with van der Waals surface area (Å²) in [4.78, 5) is 44.1. The Morgan fingerprint density at radius 3 is 2.50 bits per heavy atom. The summed E-state index contributed by atoms with van der Waals surface area (Å²) in [6.45, 7) is 3.38. The fourth-order valence-corrected chi connectivity index (χ4v) is 6.08. The first-order chi connectivity index (χ1) is 19.4. The van der Waals surface area contributed by atoms with Gasteiger partial charge in [-0.15, -0.1) is 0 Å². The first kappa shape index (κ1) is 29.7. The Balaban J connectivity index is 1.47. The summed E-state index contributed by atoms with van der Waals surface area (Å²) < 4.78 is 5.22. The topological polar surface area (TPSA) is 85.4 Å². The molecule has 4 rings (SSSR count). The van der Waals surface area contributed by atoms with E-state index in [2.05, 4.69) is 24.4 Å². The van der Waals surface area contributed by atoms with Gasteiger partial charge >= 0.3 is 6.03 Å². The molecule has 2 aliphatic rings. The third-order valence-electron chi connectivity index (χ3n) is 7.48. The first-order valence-electron chi connectivity index (χ1n) is 14.1. The van der Waals surface area contributed by atoms with Gasteiger partial charge in [-0.3, -0.25) is 9.59 Å². The highest BCUT2D eigenvalue weighted by Gasteiger charge is 2.50. The average Bonchev–Trinajstić information content (AvgIpc) is 2.96. The number of unbranched alkanes of at least 4 members (excludes halogenated alkanes) is 1. The van der Waals surface area contributed by atoms with Gasteiger partial charge in [0.25, 0.3) is 0 Å². The molecule has 9 nitrogen and oxygen atoms in total. The van der Waals surface area contributed by atoms with Crippen molar-refractivity contribution in [2.24, 2.45) is 0 Å². The highest BCUT2D eigenvalue weighted by atomic mass is 32.2. The van der Waals surface area contributed by atoms with E-state index in [-0.39, 0.29) is 24.4 Å². The van der Waals surface area contributed by atoms with Crippen molar-refractivity contribution < 1.29 is 19.1 Å². The van der Waals surface area contributed by atoms with Crippen LogP contribution in [0.1, 0.15) is 37.3 Å². The summed E-state index contributed by atoms with van der Waals surface area (Å²) >= 11 is 1.76. The molecular weight excluding hydrogens is 526 g/mol. The number of fused-ring (bicyclic) bond motifs is 1. The number of ether oxygens (including phenoxy) is 1. The van der Waals surface area contributed by atoms with Crippen molar-refractivity contribution in [3.05, 3.63) is 65.7 Å². The van der Waals surface area contributed by atoms with Gasteiger partial charge in [-0.05, 0) is 60.4 Å². The van der Waals surface area contributed by atoms with Crippen LogP contribution in [0.2, 0.25) is 0 Å². The van der Waals surface area contributed by atoms with E-state index in [1.54, 1.807) is 40.8 Å². The van der Waals surface area contributed by atoms with E-state index in [0.29, 0.717) is 26.1 Å². The van der Waals surface area contributed by atoms with Crippen molar-refractivity contribution in [1.29, 1.82) is 0 Å². The zero-order valence-corrected chi connectivity index (χ0v) is 24.6. The minimum Gasteiger partial charge on any atom is -0.497 e. The lowest BCUT2D eigenvalue weighted by atomic mass is 10.0. The number of likely N-dealkylation sites (N-methyl/N-ethyl adjacent to an activating group) is 1. The number of aryl methyl sites for hydroxylation is 1. The summed E-state index contributed by atoms with van der Waals surface area (Å²) in [5, 5.41) is 6.30. The van der Waals surface area contributed by atoms with Gasteiger partial charge in [-0.1, -0.05) is 49.4 Å². The summed E-state index contributed by atoms with van der Waals surface area (Å²) in [6, 6.07) is 17.0. The maximum Gasteiger partial charge on any atom is 0.334 e. The predicted octanol–water partition coefficient (Wildman–Crippen LogP) is 3.60. The molecule has 2 atom stereocenters. The molecule has 2 fully saturated rings. The number of hydrogen-bond donors (Lipinski definition) is 1. The predicted molar refractivity (Wildman–Crippen MR) is 158 cm³/mol. The minimum absolute atomic E-state index is 0.0100. The molecule has 2 heterocycles. The largest absolute Gasteiger partial charge is 0.497 e. The lowest BCUT2D eigenvalue weighted by Crippen LogP contribution is -2.76. The average molecular weight is 568 g/mol. The van der Waals surface area contributed by atoms with Gasteiger partial charge in [-0.25, -0.2) is 14.8 Å². The number of amides is 4. The highest BCUT2D eigenvalue weighted by molar-refractivity contribution is 7.99. The van der Waals surface area contributed by atoms with Crippen molar-refractivity contribution >= 4 is 29.6 Å². The maximum absolute atomic E-state index is 13.7. The van der Waals surface area contributed by atoms with Crippen LogP contribution in [-0.2, 0) is 22.6 Å². The van der Waals surface area contributed by atoms with Gasteiger partial charge < -0.3 is 19.9 Å². The third-order valence-corrected chi connectivity index (χ3v) is 8.41. The molecule has 2 aromatic carbocycles. The Hall–Kier alpha value is -3.24. The van der Waals surface area contributed by atoms with E-state index >= 15 is 0 Å². The Labute approximate surface area is 241 Å². The van der Waals surface area contributed by atoms with Crippen LogP contribution in [0, 0.1) is 0 Å². The Morgan fingerprint density at radius 1 is 1.05 bits per heavy atom. The first-order valence-corrected chi connectivity index (χ1v) is 15.2. The summed E-state index contributed by atoms with van der Waals surface area (Å²) in [5.74, 6) is 2.36. The van der Waals surface area contributed by atoms with Crippen molar-refractivity contribution in [3.8, 4) is 5.75 Å². The van der Waals surface area contributed by atoms with E-state index < -0.39 is 12.2 Å². The molecule has 0 spiro atoms. The van der Waals surface area contributed by atoms with Crippen molar-refractivity contribution in [2.45, 2.75) is 51.4 Å². The molecule has 4 amide bonds. The number of hydrazine groups is 1. The SMILES string of the molecule is CCSCC[C@H]1C(=O)N(CCCCc2ccccc2)C[C@H]2N1C(=O)CN(C)N2C(=O)NCc1ccc(OC)cc1. The molecule has 0 radical (unpaired) electrons. The van der Waals surface area contributed by atoms with Crippen molar-refractivity contribution in [1.82, 2.24) is 25.1 Å². The second-order valence-corrected chi connectivity index (χ2v) is 11.6. The summed E-state index contributed by atoms with van der Waals surface area (Å²) in [6.07, 6.45) is 2.80. The third kappa shape index (κ3) is 7.28. The molecule has 2 aliphatic heterocycles. The number of nitrogens with one attached hydrogen (secondary N) is 1. The molecule has 0 aliphatic carbocycles. The zero-order valence-electron chi connectivity index (χ0n) is 23.8. The molecule has 10 heteroatoms. The fraction of sp³-hybridized carbons (Fsp3) is 0.500. The summed E-state index contributed by atoms with van der Waals surface area (Å²) in [5.41, 5.74) is 2.22. The van der Waals surface area contributed by atoms with E-state index in [1.807, 2.05) is 47.4 Å². The number of nitrogens with zero attached hydrogens (tertiary/aromatic N) is 4. The number of piperazine rings is 1. The van der Waals surface area contributed by atoms with Gasteiger partial charge in [0.15, 0.2) is 0 Å². The molecule has 2 aromatic rings. The monoisotopic (exact) mass is 567 g/mol. The number of rotatable bonds is 12. The molecule has 216 valence electrons. The summed E-state index contributed by atoms with van der Waals surface area (Å²) in [7, 11) is 3.37. The van der Waals surface area contributed by atoms with E-state index in [9.17, 15) is 14.4 Å². The van der Waals surface area contributed by atoms with Crippen LogP contribution in [0.4, 0.5) is 4.79 Å². The number of thioether (sulfide) groups is 1. The smallest absolute Gasteiger partial charge is 0.334 e. The standard InChI is InChI=1S/C30H41N5O4S/c1-4-40-19-17-26-29(37)33(18-9-8-12-23-10-6-5-7-11-23)21-27-34(26)28(36)22-32(2)35(27)30(38)31-20-24-13-15-25(39-3)16-14-24/h5-7,10-11,13-16,26-27H,4,8-9,12,17-22H2,1-3H3,(H,31,38)/t26-,27-/m0/s1. The number of methoxy groups -OCH3 is 1. The van der Waals surface area contributed by atoms with Gasteiger partial charge in [0.05, 0.1) is 20.2 Å². The van der Waals surface area contributed by atoms with Gasteiger partial charge in [0.2, 0.25) is 11.8 Å². The van der Waals surface area contributed by atoms with Crippen LogP contribution in [0.25, 0.3) is 0 Å².